The molecule has 0 unspecified atom stereocenters. The van der Waals surface area contributed by atoms with Crippen molar-refractivity contribution < 1.29 is 4.74 Å². The molecule has 3 aromatic rings. The van der Waals surface area contributed by atoms with Crippen molar-refractivity contribution in [2.45, 2.75) is 25.8 Å². The van der Waals surface area contributed by atoms with E-state index in [9.17, 15) is 0 Å². The van der Waals surface area contributed by atoms with E-state index in [4.69, 9.17) is 14.7 Å². The van der Waals surface area contributed by atoms with Crippen molar-refractivity contribution in [1.82, 2.24) is 15.3 Å². The van der Waals surface area contributed by atoms with Gasteiger partial charge in [-0.15, -0.1) is 11.3 Å². The number of hydrogen-bond acceptors (Lipinski definition) is 6. The number of ether oxygens (including phenoxy) is 1. The van der Waals surface area contributed by atoms with Crippen molar-refractivity contribution in [3.8, 4) is 11.3 Å². The maximum atomic E-state index is 5.62. The van der Waals surface area contributed by atoms with Crippen LogP contribution in [-0.4, -0.2) is 48.9 Å². The quantitative estimate of drug-likeness (QED) is 0.739. The summed E-state index contributed by atoms with van der Waals surface area (Å²) in [6.07, 6.45) is 1.94. The Morgan fingerprint density at radius 1 is 1.19 bits per heavy atom. The average Bonchev–Trinajstić information content (AvgIpc) is 2.98. The molecule has 6 heteroatoms. The molecule has 5 nitrogen and oxygen atoms in total. The third-order valence-corrected chi connectivity index (χ3v) is 6.50. The summed E-state index contributed by atoms with van der Waals surface area (Å²) in [7, 11) is 0. The molecule has 0 saturated carbocycles. The third-order valence-electron chi connectivity index (χ3n) is 5.53. The van der Waals surface area contributed by atoms with Crippen LogP contribution in [0.4, 0.5) is 5.95 Å². The molecular weight excluding hydrogens is 356 g/mol. The first-order valence-corrected chi connectivity index (χ1v) is 10.6. The molecule has 0 amide bonds. The van der Waals surface area contributed by atoms with Crippen LogP contribution in [0.1, 0.15) is 18.2 Å². The fourth-order valence-electron chi connectivity index (χ4n) is 4.07. The minimum absolute atomic E-state index is 0.299. The molecular formula is C21H24N4OS. The van der Waals surface area contributed by atoms with Crippen LogP contribution in [0.25, 0.3) is 21.3 Å². The van der Waals surface area contributed by atoms with Gasteiger partial charge in [-0.3, -0.25) is 0 Å². The van der Waals surface area contributed by atoms with E-state index in [1.165, 1.54) is 26.9 Å². The van der Waals surface area contributed by atoms with Gasteiger partial charge in [0.1, 0.15) is 0 Å². The molecule has 1 fully saturated rings. The summed E-state index contributed by atoms with van der Waals surface area (Å²) in [6.45, 7) is 6.48. The van der Waals surface area contributed by atoms with E-state index in [2.05, 4.69) is 46.8 Å². The Labute approximate surface area is 163 Å². The molecule has 140 valence electrons. The smallest absolute Gasteiger partial charge is 0.226 e. The second-order valence-electron chi connectivity index (χ2n) is 7.31. The van der Waals surface area contributed by atoms with Crippen molar-refractivity contribution in [1.29, 1.82) is 0 Å². The lowest BCUT2D eigenvalue weighted by atomic mass is 10.0. The number of aromatic nitrogens is 2. The first-order valence-electron chi connectivity index (χ1n) is 9.73. The van der Waals surface area contributed by atoms with E-state index in [0.717, 1.165) is 57.3 Å². The molecule has 27 heavy (non-hydrogen) atoms. The van der Waals surface area contributed by atoms with Crippen LogP contribution in [-0.2, 0) is 17.6 Å². The van der Waals surface area contributed by atoms with Crippen molar-refractivity contribution >= 4 is 27.4 Å². The summed E-state index contributed by atoms with van der Waals surface area (Å²) in [6, 6.07) is 8.92. The largest absolute Gasteiger partial charge is 0.377 e. The molecule has 2 aliphatic heterocycles. The number of morpholine rings is 1. The lowest BCUT2D eigenvalue weighted by Gasteiger charge is -2.34. The molecule has 0 radical (unpaired) electrons. The highest BCUT2D eigenvalue weighted by atomic mass is 32.1. The molecule has 2 aromatic heterocycles. The Bertz CT molecular complexity index is 970. The number of fused-ring (bicyclic) bond motifs is 2. The second-order valence-corrected chi connectivity index (χ2v) is 8.22. The summed E-state index contributed by atoms with van der Waals surface area (Å²) in [5, 5.41) is 7.07. The van der Waals surface area contributed by atoms with Crippen LogP contribution in [0.3, 0.4) is 0 Å². The van der Waals surface area contributed by atoms with E-state index in [1.54, 1.807) is 11.3 Å². The van der Waals surface area contributed by atoms with Gasteiger partial charge in [-0.25, -0.2) is 9.97 Å². The Hall–Kier alpha value is -2.02. The number of rotatable bonds is 2. The minimum Gasteiger partial charge on any atom is -0.377 e. The van der Waals surface area contributed by atoms with Gasteiger partial charge in [-0.2, -0.15) is 0 Å². The van der Waals surface area contributed by atoms with E-state index in [-0.39, 0.29) is 0 Å². The number of thiophene rings is 1. The maximum absolute atomic E-state index is 5.62. The number of anilines is 1. The molecule has 5 rings (SSSR count). The van der Waals surface area contributed by atoms with Crippen LogP contribution < -0.4 is 10.2 Å². The van der Waals surface area contributed by atoms with Crippen molar-refractivity contribution in [2.75, 3.05) is 37.7 Å². The molecule has 4 heterocycles. The van der Waals surface area contributed by atoms with E-state index in [0.29, 0.717) is 6.04 Å². The second kappa shape index (κ2) is 7.19. The first-order chi connectivity index (χ1) is 13.3. The van der Waals surface area contributed by atoms with E-state index < -0.39 is 0 Å². The van der Waals surface area contributed by atoms with Crippen molar-refractivity contribution in [3.05, 3.63) is 40.9 Å². The standard InChI is InChI=1S/C21H24N4OS/c1-14-12-26-11-10-25(14)21-23-18-7-9-22-8-6-16(18)20(24-21)17-13-27-19-5-3-2-4-15(17)19/h2-5,13-14,22H,6-12H2,1H3/t14-/m0/s1. The minimum atomic E-state index is 0.299. The normalized spacial score (nSPS) is 20.5. The zero-order valence-electron chi connectivity index (χ0n) is 15.6. The van der Waals surface area contributed by atoms with Crippen LogP contribution >= 0.6 is 11.3 Å². The van der Waals surface area contributed by atoms with Gasteiger partial charge in [0, 0.05) is 46.1 Å². The number of benzene rings is 1. The van der Waals surface area contributed by atoms with Crippen molar-refractivity contribution in [2.24, 2.45) is 0 Å². The van der Waals surface area contributed by atoms with Gasteiger partial charge in [-0.05, 0) is 26.0 Å². The van der Waals surface area contributed by atoms with Gasteiger partial charge in [0.15, 0.2) is 0 Å². The summed E-state index contributed by atoms with van der Waals surface area (Å²) in [4.78, 5) is 12.5. The summed E-state index contributed by atoms with van der Waals surface area (Å²) in [5.41, 5.74) is 4.88. The monoisotopic (exact) mass is 380 g/mol. The zero-order chi connectivity index (χ0) is 18.2. The van der Waals surface area contributed by atoms with Gasteiger partial charge in [0.05, 0.1) is 30.6 Å². The SMILES string of the molecule is C[C@H]1COCCN1c1nc2c(c(-c3csc4ccccc34)n1)CCNCC2. The van der Waals surface area contributed by atoms with Gasteiger partial charge < -0.3 is 15.0 Å². The predicted molar refractivity (Wildman–Crippen MR) is 111 cm³/mol. The highest BCUT2D eigenvalue weighted by Crippen LogP contribution is 2.37. The number of hydrogen-bond donors (Lipinski definition) is 1. The number of nitrogens with zero attached hydrogens (tertiary/aromatic N) is 3. The highest BCUT2D eigenvalue weighted by Gasteiger charge is 2.26. The summed E-state index contributed by atoms with van der Waals surface area (Å²) >= 11 is 1.80. The van der Waals surface area contributed by atoms with Gasteiger partial charge in [0.25, 0.3) is 0 Å². The van der Waals surface area contributed by atoms with Gasteiger partial charge in [-0.1, -0.05) is 18.2 Å². The van der Waals surface area contributed by atoms with Gasteiger partial charge >= 0.3 is 0 Å². The topological polar surface area (TPSA) is 50.3 Å². The Morgan fingerprint density at radius 2 is 2.07 bits per heavy atom. The molecule has 0 spiro atoms. The lowest BCUT2D eigenvalue weighted by Crippen LogP contribution is -2.44. The Morgan fingerprint density at radius 3 is 3.00 bits per heavy atom. The van der Waals surface area contributed by atoms with E-state index in [1.807, 2.05) is 0 Å². The molecule has 1 N–H and O–H groups in total. The molecule has 0 bridgehead atoms. The first kappa shape index (κ1) is 17.1. The molecule has 1 aromatic carbocycles. The highest BCUT2D eigenvalue weighted by molar-refractivity contribution is 7.17. The fraction of sp³-hybridized carbons (Fsp3) is 0.429. The summed E-state index contributed by atoms with van der Waals surface area (Å²) < 4.78 is 6.93. The third kappa shape index (κ3) is 3.12. The van der Waals surface area contributed by atoms with Crippen LogP contribution in [0.2, 0.25) is 0 Å². The van der Waals surface area contributed by atoms with Crippen LogP contribution in [0, 0.1) is 0 Å². The predicted octanol–water partition coefficient (Wildman–Crippen LogP) is 3.27. The fourth-order valence-corrected chi connectivity index (χ4v) is 5.01. The molecule has 0 aliphatic carbocycles. The Balaban J connectivity index is 1.69. The van der Waals surface area contributed by atoms with Gasteiger partial charge in [0.2, 0.25) is 5.95 Å². The van der Waals surface area contributed by atoms with E-state index >= 15 is 0 Å². The summed E-state index contributed by atoms with van der Waals surface area (Å²) in [5.74, 6) is 0.858. The zero-order valence-corrected chi connectivity index (χ0v) is 16.4. The maximum Gasteiger partial charge on any atom is 0.226 e. The van der Waals surface area contributed by atoms with Crippen molar-refractivity contribution in [3.63, 3.8) is 0 Å². The number of nitrogens with one attached hydrogen (secondary N) is 1. The van der Waals surface area contributed by atoms with Crippen LogP contribution in [0.5, 0.6) is 0 Å². The average molecular weight is 381 g/mol. The molecule has 1 atom stereocenters. The lowest BCUT2D eigenvalue weighted by molar-refractivity contribution is 0.0980. The van der Waals surface area contributed by atoms with Crippen LogP contribution in [0.15, 0.2) is 29.6 Å². The molecule has 2 aliphatic rings. The molecule has 1 saturated heterocycles. The Kier molecular flexibility index (Phi) is 4.55.